The van der Waals surface area contributed by atoms with E-state index in [9.17, 15) is 24.6 Å². The van der Waals surface area contributed by atoms with Gasteiger partial charge in [0.05, 0.1) is 12.2 Å². The van der Waals surface area contributed by atoms with E-state index in [1.54, 1.807) is 19.1 Å². The van der Waals surface area contributed by atoms with Crippen molar-refractivity contribution in [1.29, 1.82) is 0 Å². The zero-order valence-corrected chi connectivity index (χ0v) is 35.0. The van der Waals surface area contributed by atoms with Crippen molar-refractivity contribution in [2.75, 3.05) is 46.4 Å². The molecule has 6 aliphatic rings. The second-order valence-electron chi connectivity index (χ2n) is 17.7. The molecule has 0 radical (unpaired) electrons. The van der Waals surface area contributed by atoms with Crippen LogP contribution in [-0.2, 0) is 31.9 Å². The Kier molecular flexibility index (Phi) is 12.0. The molecule has 0 amide bonds. The maximum absolute atomic E-state index is 15.0. The van der Waals surface area contributed by atoms with Gasteiger partial charge in [0.2, 0.25) is 0 Å². The smallest absolute Gasteiger partial charge is 0.333 e. The molecule has 0 aromatic heterocycles. The topological polar surface area (TPSA) is 126 Å². The fourth-order valence-electron chi connectivity index (χ4n) is 9.44. The normalized spacial score (nSPS) is 27.0. The number of allylic oxidation sites excluding steroid dienone is 7. The number of piperazine rings is 1. The van der Waals surface area contributed by atoms with E-state index in [0.29, 0.717) is 23.1 Å². The Morgan fingerprint density at radius 2 is 1.61 bits per heavy atom. The summed E-state index contributed by atoms with van der Waals surface area (Å²) in [5.41, 5.74) is 0.581. The van der Waals surface area contributed by atoms with E-state index in [-0.39, 0.29) is 60.0 Å². The number of carbonyl (C=O) groups excluding carboxylic acids is 3. The zero-order valence-electron chi connectivity index (χ0n) is 35.0. The van der Waals surface area contributed by atoms with Gasteiger partial charge in [0.1, 0.15) is 22.8 Å². The molecule has 3 heterocycles. The molecule has 1 spiro atoms. The Balaban J connectivity index is 1.34. The molecule has 10 heteroatoms. The van der Waals surface area contributed by atoms with E-state index in [2.05, 4.69) is 36.8 Å². The van der Waals surface area contributed by atoms with Gasteiger partial charge in [-0.05, 0) is 101 Å². The largest absolute Gasteiger partial charge is 0.507 e. The van der Waals surface area contributed by atoms with Gasteiger partial charge in [-0.3, -0.25) is 9.59 Å². The summed E-state index contributed by atoms with van der Waals surface area (Å²) in [6, 6.07) is 0. The molecule has 4 atom stereocenters. The van der Waals surface area contributed by atoms with Gasteiger partial charge >= 0.3 is 5.97 Å². The van der Waals surface area contributed by atoms with E-state index in [4.69, 9.17) is 14.2 Å². The van der Waals surface area contributed by atoms with Gasteiger partial charge in [-0.2, -0.15) is 0 Å². The second kappa shape index (κ2) is 16.1. The number of carbonyl (C=O) groups is 3. The number of benzene rings is 1. The summed E-state index contributed by atoms with van der Waals surface area (Å²) in [7, 11) is 2.12. The van der Waals surface area contributed by atoms with Crippen LogP contribution < -0.4 is 4.74 Å². The van der Waals surface area contributed by atoms with Crippen LogP contribution >= 0.6 is 0 Å². The number of ketones is 2. The van der Waals surface area contributed by atoms with Crippen molar-refractivity contribution in [1.82, 2.24) is 9.80 Å². The minimum Gasteiger partial charge on any atom is -0.507 e. The lowest BCUT2D eigenvalue weighted by molar-refractivity contribution is -0.171. The summed E-state index contributed by atoms with van der Waals surface area (Å²) in [6.45, 7) is 20.8. The van der Waals surface area contributed by atoms with E-state index >= 15 is 0 Å². The van der Waals surface area contributed by atoms with Crippen LogP contribution in [0.1, 0.15) is 109 Å². The number of fused-ring (bicyclic) bond motifs is 1. The van der Waals surface area contributed by atoms with Gasteiger partial charge in [-0.25, -0.2) is 4.79 Å². The number of hydrogen-bond acceptors (Lipinski definition) is 10. The van der Waals surface area contributed by atoms with E-state index in [1.807, 2.05) is 46.8 Å². The van der Waals surface area contributed by atoms with Crippen LogP contribution in [0.2, 0.25) is 0 Å². The first-order chi connectivity index (χ1) is 26.4. The highest BCUT2D eigenvalue weighted by Gasteiger charge is 2.81. The number of esters is 1. The van der Waals surface area contributed by atoms with Crippen LogP contribution in [0.5, 0.6) is 17.2 Å². The van der Waals surface area contributed by atoms with E-state index < -0.39 is 40.4 Å². The Labute approximate surface area is 332 Å². The zero-order chi connectivity index (χ0) is 40.7. The molecule has 1 aromatic rings. The van der Waals surface area contributed by atoms with Crippen molar-refractivity contribution in [3.63, 3.8) is 0 Å². The Morgan fingerprint density at radius 3 is 2.29 bits per heavy atom. The average molecular weight is 771 g/mol. The minimum absolute atomic E-state index is 0.00153. The molecule has 2 N–H and O–H groups in total. The number of phenols is 2. The third-order valence-electron chi connectivity index (χ3n) is 12.6. The molecule has 4 bridgehead atoms. The van der Waals surface area contributed by atoms with Crippen molar-refractivity contribution in [2.45, 2.75) is 117 Å². The third-order valence-corrected chi connectivity index (χ3v) is 12.6. The number of nitrogens with zero attached hydrogens (tertiary/aromatic N) is 2. The lowest BCUT2D eigenvalue weighted by Crippen LogP contribution is -2.72. The maximum atomic E-state index is 15.0. The molecule has 10 nitrogen and oxygen atoms in total. The Bertz CT molecular complexity index is 1920. The molecular weight excluding hydrogens is 709 g/mol. The Hall–Kier alpha value is -3.99. The number of ether oxygens (including phenoxy) is 3. The SMILES string of the molecule is CC(C)=CCC/C(C)=C/Cc1c(O)c(CC=C(C)C)c2c(c1O)C(=O)C1=C[C@@H]3C[C@@H]4C(C)(C)O[C@@](C/C=C(/C)C(=O)OCCCN5CCN(C)CC5)(C3=O)[C@@]14O2. The van der Waals surface area contributed by atoms with Crippen LogP contribution in [0.4, 0.5) is 0 Å². The van der Waals surface area contributed by atoms with Gasteiger partial charge in [-0.1, -0.05) is 47.1 Å². The number of hydrogen-bond donors (Lipinski definition) is 2. The number of Topliss-reactive ketones (excluding diaryl/α,β-unsaturated/α-hetero) is 2. The highest BCUT2D eigenvalue weighted by atomic mass is 16.6. The van der Waals surface area contributed by atoms with Crippen molar-refractivity contribution in [3.8, 4) is 17.2 Å². The summed E-state index contributed by atoms with van der Waals surface area (Å²) < 4.78 is 19.6. The number of likely N-dealkylation sites (N-methyl/N-ethyl adjacent to an activating group) is 1. The summed E-state index contributed by atoms with van der Waals surface area (Å²) in [5, 5.41) is 23.8. The molecule has 56 heavy (non-hydrogen) atoms. The molecule has 1 aromatic carbocycles. The first-order valence-electron chi connectivity index (χ1n) is 20.4. The lowest BCUT2D eigenvalue weighted by atomic mass is 9.51. The quantitative estimate of drug-likeness (QED) is 0.0858. The standard InChI is InChI=1S/C46H62N2O8/c1-28(2)12-10-13-30(5)15-17-33-38(49)34(16-14-29(3)4)41-37(39(33)50)40(51)35-26-32-27-36-44(7,8)56-45(42(32)52,46(35,36)55-41)19-18-31(6)43(53)54-25-11-20-48-23-21-47(9)22-24-48/h12,14-15,18,26,32,36,49-50H,10-11,13,16-17,19-25,27H2,1-9H3/b30-15+,31-18-/t32-,36-,45+,46-/m1/s1. The highest BCUT2D eigenvalue weighted by molar-refractivity contribution is 6.18. The molecule has 1 saturated carbocycles. The first-order valence-corrected chi connectivity index (χ1v) is 20.4. The number of rotatable bonds is 14. The third kappa shape index (κ3) is 7.45. The summed E-state index contributed by atoms with van der Waals surface area (Å²) >= 11 is 0. The van der Waals surface area contributed by atoms with Gasteiger partial charge in [-0.15, -0.1) is 0 Å². The fourth-order valence-corrected chi connectivity index (χ4v) is 9.44. The predicted octanol–water partition coefficient (Wildman–Crippen LogP) is 7.37. The van der Waals surface area contributed by atoms with Crippen molar-refractivity contribution in [2.24, 2.45) is 11.8 Å². The van der Waals surface area contributed by atoms with Crippen molar-refractivity contribution < 1.29 is 38.8 Å². The van der Waals surface area contributed by atoms with Gasteiger partial charge in [0.25, 0.3) is 0 Å². The average Bonchev–Trinajstić information content (AvgIpc) is 3.29. The monoisotopic (exact) mass is 770 g/mol. The summed E-state index contributed by atoms with van der Waals surface area (Å²) in [5.74, 6) is -2.46. The van der Waals surface area contributed by atoms with Crippen LogP contribution in [0, 0.1) is 11.8 Å². The van der Waals surface area contributed by atoms with Crippen LogP contribution in [0.3, 0.4) is 0 Å². The summed E-state index contributed by atoms with van der Waals surface area (Å²) in [6.07, 6.45) is 12.8. The molecule has 304 valence electrons. The van der Waals surface area contributed by atoms with Crippen LogP contribution in [0.15, 0.2) is 58.2 Å². The van der Waals surface area contributed by atoms with Gasteiger partial charge in [0.15, 0.2) is 22.8 Å². The van der Waals surface area contributed by atoms with E-state index in [1.165, 1.54) is 5.57 Å². The van der Waals surface area contributed by atoms with Crippen molar-refractivity contribution in [3.05, 3.63) is 74.9 Å². The molecular formula is C46H62N2O8. The van der Waals surface area contributed by atoms with Gasteiger partial charge < -0.3 is 34.2 Å². The second-order valence-corrected chi connectivity index (χ2v) is 17.7. The predicted molar refractivity (Wildman–Crippen MR) is 217 cm³/mol. The molecule has 2 saturated heterocycles. The maximum Gasteiger partial charge on any atom is 0.333 e. The lowest BCUT2D eigenvalue weighted by Gasteiger charge is -2.56. The molecule has 7 rings (SSSR count). The molecule has 3 aliphatic carbocycles. The minimum atomic E-state index is -1.63. The Morgan fingerprint density at radius 1 is 0.929 bits per heavy atom. The fraction of sp³-hybridized carbons (Fsp3) is 0.587. The highest BCUT2D eigenvalue weighted by Crippen LogP contribution is 2.68. The molecule has 3 fully saturated rings. The molecule has 0 unspecified atom stereocenters. The van der Waals surface area contributed by atoms with Crippen molar-refractivity contribution >= 4 is 17.5 Å². The van der Waals surface area contributed by atoms with Gasteiger partial charge in [0, 0.05) is 73.3 Å². The number of aromatic hydroxyl groups is 2. The molecule has 3 aliphatic heterocycles. The summed E-state index contributed by atoms with van der Waals surface area (Å²) in [4.78, 5) is 47.5. The van der Waals surface area contributed by atoms with E-state index in [0.717, 1.165) is 63.1 Å². The van der Waals surface area contributed by atoms with Crippen LogP contribution in [-0.4, -0.2) is 101 Å². The van der Waals surface area contributed by atoms with Crippen LogP contribution in [0.25, 0.3) is 0 Å². The number of phenolic OH excluding ortho intramolecular Hbond substituents is 2. The first kappa shape index (κ1) is 41.6.